The predicted molar refractivity (Wildman–Crippen MR) is 66.0 cm³/mol. The van der Waals surface area contributed by atoms with Crippen molar-refractivity contribution in [1.29, 1.82) is 0 Å². The van der Waals surface area contributed by atoms with Crippen LogP contribution in [0.3, 0.4) is 0 Å². The van der Waals surface area contributed by atoms with Crippen molar-refractivity contribution in [3.63, 3.8) is 0 Å². The standard InChI is InChI=1S/C14H27N/c1-14(2,3)15-10-5-4-7-12-8-6-9-13(12)11-15/h12-13H,4-11H2,1-3H3. The van der Waals surface area contributed by atoms with Crippen LogP contribution in [0, 0.1) is 11.8 Å². The lowest BCUT2D eigenvalue weighted by molar-refractivity contribution is 0.0865. The van der Waals surface area contributed by atoms with Gasteiger partial charge in [0.15, 0.2) is 0 Å². The van der Waals surface area contributed by atoms with E-state index in [4.69, 9.17) is 0 Å². The number of hydrogen-bond acceptors (Lipinski definition) is 1. The summed E-state index contributed by atoms with van der Waals surface area (Å²) in [6, 6.07) is 0. The van der Waals surface area contributed by atoms with Crippen molar-refractivity contribution in [1.82, 2.24) is 4.90 Å². The molecule has 1 aliphatic carbocycles. The van der Waals surface area contributed by atoms with Crippen LogP contribution in [0.5, 0.6) is 0 Å². The molecule has 88 valence electrons. The third kappa shape index (κ3) is 2.75. The minimum atomic E-state index is 0.379. The molecule has 1 heterocycles. The van der Waals surface area contributed by atoms with E-state index < -0.39 is 0 Å². The van der Waals surface area contributed by atoms with Gasteiger partial charge in [0.25, 0.3) is 0 Å². The van der Waals surface area contributed by atoms with Crippen LogP contribution in [0.4, 0.5) is 0 Å². The Morgan fingerprint density at radius 2 is 1.53 bits per heavy atom. The van der Waals surface area contributed by atoms with E-state index in [-0.39, 0.29) is 0 Å². The molecule has 1 aliphatic heterocycles. The lowest BCUT2D eigenvalue weighted by atomic mass is 9.87. The maximum absolute atomic E-state index is 2.73. The van der Waals surface area contributed by atoms with Crippen molar-refractivity contribution in [3.8, 4) is 0 Å². The normalized spacial score (nSPS) is 34.6. The van der Waals surface area contributed by atoms with Gasteiger partial charge in [-0.15, -0.1) is 0 Å². The van der Waals surface area contributed by atoms with Crippen molar-refractivity contribution in [2.75, 3.05) is 13.1 Å². The summed E-state index contributed by atoms with van der Waals surface area (Å²) in [5.41, 5.74) is 0.379. The minimum absolute atomic E-state index is 0.379. The van der Waals surface area contributed by atoms with E-state index in [0.717, 1.165) is 11.8 Å². The Balaban J connectivity index is 2.01. The van der Waals surface area contributed by atoms with E-state index in [1.807, 2.05) is 0 Å². The number of hydrogen-bond donors (Lipinski definition) is 0. The molecule has 0 N–H and O–H groups in total. The van der Waals surface area contributed by atoms with Gasteiger partial charge in [-0.05, 0) is 52.0 Å². The quantitative estimate of drug-likeness (QED) is 0.588. The second-order valence-corrected chi connectivity index (χ2v) is 6.56. The maximum Gasteiger partial charge on any atom is 0.0125 e. The van der Waals surface area contributed by atoms with Crippen LogP contribution in [0.1, 0.15) is 59.3 Å². The summed E-state index contributed by atoms with van der Waals surface area (Å²) in [5, 5.41) is 0. The van der Waals surface area contributed by atoms with Crippen LogP contribution in [-0.2, 0) is 0 Å². The fourth-order valence-electron chi connectivity index (χ4n) is 3.43. The second kappa shape index (κ2) is 4.45. The van der Waals surface area contributed by atoms with Gasteiger partial charge in [-0.2, -0.15) is 0 Å². The monoisotopic (exact) mass is 209 g/mol. The highest BCUT2D eigenvalue weighted by Crippen LogP contribution is 2.38. The first kappa shape index (κ1) is 11.4. The number of likely N-dealkylation sites (tertiary alicyclic amines) is 1. The first-order chi connectivity index (χ1) is 7.07. The van der Waals surface area contributed by atoms with Crippen LogP contribution in [0.25, 0.3) is 0 Å². The molecule has 1 saturated carbocycles. The Bertz CT molecular complexity index is 204. The maximum atomic E-state index is 2.73. The first-order valence-electron chi connectivity index (χ1n) is 6.82. The molecule has 2 atom stereocenters. The van der Waals surface area contributed by atoms with Gasteiger partial charge in [-0.1, -0.05) is 25.7 Å². The molecule has 0 aromatic heterocycles. The molecule has 1 nitrogen and oxygen atoms in total. The Labute approximate surface area is 95.2 Å². The van der Waals surface area contributed by atoms with E-state index in [1.54, 1.807) is 0 Å². The summed E-state index contributed by atoms with van der Waals surface area (Å²) in [6.07, 6.45) is 8.91. The summed E-state index contributed by atoms with van der Waals surface area (Å²) in [5.74, 6) is 2.08. The zero-order valence-corrected chi connectivity index (χ0v) is 10.8. The van der Waals surface area contributed by atoms with Gasteiger partial charge in [0.2, 0.25) is 0 Å². The second-order valence-electron chi connectivity index (χ2n) is 6.56. The minimum Gasteiger partial charge on any atom is -0.298 e. The van der Waals surface area contributed by atoms with Gasteiger partial charge in [0.1, 0.15) is 0 Å². The summed E-state index contributed by atoms with van der Waals surface area (Å²) in [7, 11) is 0. The highest BCUT2D eigenvalue weighted by Gasteiger charge is 2.32. The van der Waals surface area contributed by atoms with E-state index in [2.05, 4.69) is 25.7 Å². The molecule has 2 unspecified atom stereocenters. The SMILES string of the molecule is CC(C)(C)N1CCCCC2CCCC2C1. The van der Waals surface area contributed by atoms with Crippen molar-refractivity contribution in [3.05, 3.63) is 0 Å². The fraction of sp³-hybridized carbons (Fsp3) is 1.00. The highest BCUT2D eigenvalue weighted by molar-refractivity contribution is 4.86. The third-order valence-corrected chi connectivity index (χ3v) is 4.47. The third-order valence-electron chi connectivity index (χ3n) is 4.47. The van der Waals surface area contributed by atoms with Gasteiger partial charge in [0.05, 0.1) is 0 Å². The molecule has 0 bridgehead atoms. The summed E-state index contributed by atoms with van der Waals surface area (Å²) >= 11 is 0. The number of rotatable bonds is 0. The molecule has 2 aliphatic rings. The van der Waals surface area contributed by atoms with Crippen molar-refractivity contribution in [2.24, 2.45) is 11.8 Å². The average Bonchev–Trinajstić information content (AvgIpc) is 2.48. The molecule has 1 saturated heterocycles. The van der Waals surface area contributed by atoms with Crippen LogP contribution >= 0.6 is 0 Å². The molecule has 0 radical (unpaired) electrons. The van der Waals surface area contributed by atoms with Gasteiger partial charge in [-0.3, -0.25) is 4.90 Å². The van der Waals surface area contributed by atoms with Crippen LogP contribution in [0.2, 0.25) is 0 Å². The molecular formula is C14H27N. The van der Waals surface area contributed by atoms with E-state index in [9.17, 15) is 0 Å². The summed E-state index contributed by atoms with van der Waals surface area (Å²) < 4.78 is 0. The predicted octanol–water partition coefficient (Wildman–Crippen LogP) is 3.69. The molecule has 0 aromatic carbocycles. The highest BCUT2D eigenvalue weighted by atomic mass is 15.2. The fourth-order valence-corrected chi connectivity index (χ4v) is 3.43. The zero-order valence-electron chi connectivity index (χ0n) is 10.8. The number of nitrogens with zero attached hydrogens (tertiary/aromatic N) is 1. The van der Waals surface area contributed by atoms with Crippen molar-refractivity contribution in [2.45, 2.75) is 64.8 Å². The smallest absolute Gasteiger partial charge is 0.0125 e. The van der Waals surface area contributed by atoms with Gasteiger partial charge < -0.3 is 0 Å². The van der Waals surface area contributed by atoms with E-state index >= 15 is 0 Å². The Morgan fingerprint density at radius 1 is 0.867 bits per heavy atom. The molecule has 2 rings (SSSR count). The Hall–Kier alpha value is -0.0400. The van der Waals surface area contributed by atoms with E-state index in [0.29, 0.717) is 5.54 Å². The lowest BCUT2D eigenvalue weighted by Gasteiger charge is -2.40. The topological polar surface area (TPSA) is 3.24 Å². The summed E-state index contributed by atoms with van der Waals surface area (Å²) in [6.45, 7) is 9.82. The van der Waals surface area contributed by atoms with E-state index in [1.165, 1.54) is 51.6 Å². The molecule has 0 amide bonds. The van der Waals surface area contributed by atoms with Gasteiger partial charge in [-0.25, -0.2) is 0 Å². The van der Waals surface area contributed by atoms with Crippen LogP contribution in [-0.4, -0.2) is 23.5 Å². The van der Waals surface area contributed by atoms with Crippen LogP contribution in [0.15, 0.2) is 0 Å². The molecule has 2 fully saturated rings. The summed E-state index contributed by atoms with van der Waals surface area (Å²) in [4.78, 5) is 2.73. The Morgan fingerprint density at radius 3 is 2.27 bits per heavy atom. The lowest BCUT2D eigenvalue weighted by Crippen LogP contribution is -2.46. The molecule has 1 heteroatoms. The average molecular weight is 209 g/mol. The van der Waals surface area contributed by atoms with Gasteiger partial charge >= 0.3 is 0 Å². The first-order valence-corrected chi connectivity index (χ1v) is 6.82. The largest absolute Gasteiger partial charge is 0.298 e. The molecular weight excluding hydrogens is 182 g/mol. The number of fused-ring (bicyclic) bond motifs is 1. The van der Waals surface area contributed by atoms with Gasteiger partial charge in [0, 0.05) is 12.1 Å². The molecule has 15 heavy (non-hydrogen) atoms. The zero-order chi connectivity index (χ0) is 10.9. The van der Waals surface area contributed by atoms with Crippen molar-refractivity contribution >= 4 is 0 Å². The Kier molecular flexibility index (Phi) is 3.39. The van der Waals surface area contributed by atoms with Crippen LogP contribution < -0.4 is 0 Å². The molecule has 0 aromatic rings. The van der Waals surface area contributed by atoms with Crippen molar-refractivity contribution < 1.29 is 0 Å². The molecule has 0 spiro atoms.